The Morgan fingerprint density at radius 1 is 1.35 bits per heavy atom. The Balaban J connectivity index is 2.36. The summed E-state index contributed by atoms with van der Waals surface area (Å²) in [6.45, 7) is 9.75. The van der Waals surface area contributed by atoms with Crippen molar-refractivity contribution in [3.05, 3.63) is 0 Å². The number of hydrogen-bond donors (Lipinski definition) is 2. The summed E-state index contributed by atoms with van der Waals surface area (Å²) < 4.78 is 5.18. The van der Waals surface area contributed by atoms with Gasteiger partial charge >= 0.3 is 0 Å². The smallest absolute Gasteiger partial charge is 0.0613 e. The van der Waals surface area contributed by atoms with Gasteiger partial charge in [-0.25, -0.2) is 0 Å². The van der Waals surface area contributed by atoms with E-state index in [-0.39, 0.29) is 12.1 Å². The van der Waals surface area contributed by atoms with Crippen LogP contribution >= 0.6 is 0 Å². The fraction of sp³-hybridized carbons (Fsp3) is 1.00. The second-order valence-electron chi connectivity index (χ2n) is 6.44. The molecule has 0 amide bonds. The predicted octanol–water partition coefficient (Wildman–Crippen LogP) is 2.02. The highest BCUT2D eigenvalue weighted by Gasteiger charge is 2.34. The molecule has 1 saturated carbocycles. The van der Waals surface area contributed by atoms with E-state index in [1.807, 2.05) is 0 Å². The lowest BCUT2D eigenvalue weighted by molar-refractivity contribution is 0.113. The van der Waals surface area contributed by atoms with Crippen LogP contribution in [0.1, 0.15) is 52.9 Å². The highest BCUT2D eigenvalue weighted by molar-refractivity contribution is 4.94. The van der Waals surface area contributed by atoms with Crippen LogP contribution in [0.2, 0.25) is 0 Å². The van der Waals surface area contributed by atoms with E-state index in [0.29, 0.717) is 12.1 Å². The molecule has 1 aliphatic rings. The van der Waals surface area contributed by atoms with Gasteiger partial charge in [-0.2, -0.15) is 0 Å². The maximum absolute atomic E-state index is 9.77. The summed E-state index contributed by atoms with van der Waals surface area (Å²) in [7, 11) is 1.76. The normalized spacial score (nSPS) is 18.8. The Bertz CT molecular complexity index is 251. The van der Waals surface area contributed by atoms with Gasteiger partial charge in [0.25, 0.3) is 0 Å². The van der Waals surface area contributed by atoms with Crippen molar-refractivity contribution in [2.45, 2.75) is 70.5 Å². The first-order valence-electron chi connectivity index (χ1n) is 8.18. The van der Waals surface area contributed by atoms with Crippen molar-refractivity contribution in [1.29, 1.82) is 0 Å². The third-order valence-electron chi connectivity index (χ3n) is 4.48. The van der Waals surface area contributed by atoms with Crippen LogP contribution in [0.3, 0.4) is 0 Å². The van der Waals surface area contributed by atoms with Crippen LogP contribution in [-0.2, 0) is 4.74 Å². The fourth-order valence-electron chi connectivity index (χ4n) is 2.71. The van der Waals surface area contributed by atoms with E-state index < -0.39 is 0 Å². The predicted molar refractivity (Wildman–Crippen MR) is 84.1 cm³/mol. The number of aliphatic hydroxyl groups excluding tert-OH is 1. The number of hydrogen-bond acceptors (Lipinski definition) is 4. The summed E-state index contributed by atoms with van der Waals surface area (Å²) in [5.74, 6) is 0. The molecule has 1 atom stereocenters. The van der Waals surface area contributed by atoms with Gasteiger partial charge in [-0.3, -0.25) is 4.90 Å². The summed E-state index contributed by atoms with van der Waals surface area (Å²) in [6, 6.07) is 1.20. The third kappa shape index (κ3) is 6.08. The Hall–Kier alpha value is -0.160. The van der Waals surface area contributed by atoms with Gasteiger partial charge in [-0.1, -0.05) is 6.92 Å². The van der Waals surface area contributed by atoms with Crippen molar-refractivity contribution in [3.63, 3.8) is 0 Å². The molecular formula is C16H34N2O2. The quantitative estimate of drug-likeness (QED) is 0.576. The molecule has 1 fully saturated rings. The number of nitrogens with zero attached hydrogens (tertiary/aromatic N) is 1. The molecule has 4 heteroatoms. The lowest BCUT2D eigenvalue weighted by Gasteiger charge is -2.34. The summed E-state index contributed by atoms with van der Waals surface area (Å²) in [5.41, 5.74) is -0.0644. The van der Waals surface area contributed by atoms with Crippen molar-refractivity contribution in [1.82, 2.24) is 10.2 Å². The number of ether oxygens (including phenoxy) is 1. The van der Waals surface area contributed by atoms with Crippen LogP contribution in [0.5, 0.6) is 0 Å². The number of methoxy groups -OCH3 is 1. The lowest BCUT2D eigenvalue weighted by atomic mass is 9.90. The first-order chi connectivity index (χ1) is 9.56. The monoisotopic (exact) mass is 286 g/mol. The van der Waals surface area contributed by atoms with E-state index in [0.717, 1.165) is 39.0 Å². The minimum absolute atomic E-state index is 0.0644. The second kappa shape index (κ2) is 8.98. The minimum atomic E-state index is -0.0644. The summed E-state index contributed by atoms with van der Waals surface area (Å²) in [6.07, 6.45) is 5.71. The highest BCUT2D eigenvalue weighted by atomic mass is 16.5. The first kappa shape index (κ1) is 17.9. The zero-order valence-electron chi connectivity index (χ0n) is 13.8. The molecule has 0 aliphatic heterocycles. The molecule has 0 aromatic heterocycles. The van der Waals surface area contributed by atoms with Crippen molar-refractivity contribution in [2.75, 3.05) is 33.4 Å². The van der Waals surface area contributed by atoms with Gasteiger partial charge in [-0.05, 0) is 52.5 Å². The molecule has 0 heterocycles. The molecule has 0 aromatic carbocycles. The minimum Gasteiger partial charge on any atom is -0.394 e. The van der Waals surface area contributed by atoms with E-state index in [1.165, 1.54) is 12.8 Å². The van der Waals surface area contributed by atoms with E-state index in [9.17, 15) is 5.11 Å². The van der Waals surface area contributed by atoms with Gasteiger partial charge in [0, 0.05) is 31.3 Å². The average molecular weight is 286 g/mol. The van der Waals surface area contributed by atoms with Gasteiger partial charge in [0.05, 0.1) is 13.2 Å². The Labute approximate surface area is 124 Å². The molecule has 0 bridgehead atoms. The number of aliphatic hydroxyl groups is 1. The molecular weight excluding hydrogens is 252 g/mol. The summed E-state index contributed by atoms with van der Waals surface area (Å²) >= 11 is 0. The molecule has 20 heavy (non-hydrogen) atoms. The summed E-state index contributed by atoms with van der Waals surface area (Å²) in [5, 5.41) is 13.4. The largest absolute Gasteiger partial charge is 0.394 e. The van der Waals surface area contributed by atoms with Crippen molar-refractivity contribution in [2.24, 2.45) is 0 Å². The Kier molecular flexibility index (Phi) is 8.03. The molecule has 2 N–H and O–H groups in total. The highest BCUT2D eigenvalue weighted by Crippen LogP contribution is 2.27. The molecule has 1 rings (SSSR count). The van der Waals surface area contributed by atoms with E-state index in [2.05, 4.69) is 31.0 Å². The molecule has 120 valence electrons. The van der Waals surface area contributed by atoms with Crippen molar-refractivity contribution in [3.8, 4) is 0 Å². The van der Waals surface area contributed by atoms with Crippen LogP contribution in [0.4, 0.5) is 0 Å². The maximum Gasteiger partial charge on any atom is 0.0613 e. The number of rotatable bonds is 12. The molecule has 0 spiro atoms. The SMILES string of the molecule is CCC(CO)(CCCN(CCOC)C(C)C)NC1CC1. The maximum atomic E-state index is 9.77. The second-order valence-corrected chi connectivity index (χ2v) is 6.44. The summed E-state index contributed by atoms with van der Waals surface area (Å²) in [4.78, 5) is 2.46. The zero-order chi connectivity index (χ0) is 15.0. The zero-order valence-corrected chi connectivity index (χ0v) is 13.8. The first-order valence-corrected chi connectivity index (χ1v) is 8.18. The standard InChI is InChI=1S/C16H34N2O2/c1-5-16(13-19,17-15-7-8-15)9-6-10-18(14(2)3)11-12-20-4/h14-15,17,19H,5-13H2,1-4H3. The van der Waals surface area contributed by atoms with Gasteiger partial charge in [0.15, 0.2) is 0 Å². The van der Waals surface area contributed by atoms with Gasteiger partial charge in [-0.15, -0.1) is 0 Å². The van der Waals surface area contributed by atoms with Crippen LogP contribution in [0.15, 0.2) is 0 Å². The third-order valence-corrected chi connectivity index (χ3v) is 4.48. The fourth-order valence-corrected chi connectivity index (χ4v) is 2.71. The van der Waals surface area contributed by atoms with Crippen molar-refractivity contribution < 1.29 is 9.84 Å². The molecule has 0 saturated heterocycles. The average Bonchev–Trinajstić information content (AvgIpc) is 3.24. The van der Waals surface area contributed by atoms with Gasteiger partial charge in [0.2, 0.25) is 0 Å². The molecule has 1 aliphatic carbocycles. The van der Waals surface area contributed by atoms with E-state index >= 15 is 0 Å². The van der Waals surface area contributed by atoms with E-state index in [1.54, 1.807) is 7.11 Å². The van der Waals surface area contributed by atoms with Gasteiger partial charge < -0.3 is 15.2 Å². The Morgan fingerprint density at radius 3 is 2.50 bits per heavy atom. The lowest BCUT2D eigenvalue weighted by Crippen LogP contribution is -2.49. The molecule has 4 nitrogen and oxygen atoms in total. The van der Waals surface area contributed by atoms with Crippen LogP contribution in [0, 0.1) is 0 Å². The van der Waals surface area contributed by atoms with Crippen molar-refractivity contribution >= 4 is 0 Å². The molecule has 0 radical (unpaired) electrons. The van der Waals surface area contributed by atoms with Crippen LogP contribution in [-0.4, -0.2) is 61.0 Å². The Morgan fingerprint density at radius 2 is 2.05 bits per heavy atom. The number of nitrogens with one attached hydrogen (secondary N) is 1. The van der Waals surface area contributed by atoms with E-state index in [4.69, 9.17) is 4.74 Å². The molecule has 0 aromatic rings. The molecule has 1 unspecified atom stereocenters. The van der Waals surface area contributed by atoms with Crippen LogP contribution in [0.25, 0.3) is 0 Å². The van der Waals surface area contributed by atoms with Gasteiger partial charge in [0.1, 0.15) is 0 Å². The van der Waals surface area contributed by atoms with Crippen LogP contribution < -0.4 is 5.32 Å². The topological polar surface area (TPSA) is 44.7 Å².